The van der Waals surface area contributed by atoms with Crippen LogP contribution in [-0.2, 0) is 9.53 Å². The molecule has 0 aliphatic heterocycles. The molecule has 3 aliphatic rings. The zero-order chi connectivity index (χ0) is 11.5. The lowest BCUT2D eigenvalue weighted by Crippen LogP contribution is -2.32. The van der Waals surface area contributed by atoms with E-state index >= 15 is 0 Å². The highest BCUT2D eigenvalue weighted by atomic mass is 16.5. The lowest BCUT2D eigenvalue weighted by atomic mass is 9.63. The van der Waals surface area contributed by atoms with Gasteiger partial charge in [-0.2, -0.15) is 0 Å². The molecule has 3 aliphatic carbocycles. The number of allylic oxidation sites excluding steroid dienone is 1. The monoisotopic (exact) mass is 222 g/mol. The summed E-state index contributed by atoms with van der Waals surface area (Å²) < 4.78 is 4.97. The summed E-state index contributed by atoms with van der Waals surface area (Å²) in [4.78, 5) is 11.4. The Morgan fingerprint density at radius 1 is 1.31 bits per heavy atom. The van der Waals surface area contributed by atoms with E-state index in [1.54, 1.807) is 6.08 Å². The van der Waals surface area contributed by atoms with E-state index in [9.17, 15) is 4.79 Å². The minimum absolute atomic E-state index is 0.165. The Hall–Kier alpha value is -0.790. The van der Waals surface area contributed by atoms with Gasteiger partial charge in [-0.3, -0.25) is 0 Å². The van der Waals surface area contributed by atoms with Crippen molar-refractivity contribution in [2.24, 2.45) is 17.8 Å². The predicted molar refractivity (Wildman–Crippen MR) is 63.9 cm³/mol. The van der Waals surface area contributed by atoms with Gasteiger partial charge in [0.25, 0.3) is 0 Å². The summed E-state index contributed by atoms with van der Waals surface area (Å²) in [6, 6.07) is 0. The maximum absolute atomic E-state index is 11.4. The Morgan fingerprint density at radius 3 is 2.50 bits per heavy atom. The molecule has 0 aromatic carbocycles. The second kappa shape index (κ2) is 5.03. The van der Waals surface area contributed by atoms with Crippen LogP contribution in [0.4, 0.5) is 0 Å². The smallest absolute Gasteiger partial charge is 0.330 e. The molecule has 0 saturated heterocycles. The summed E-state index contributed by atoms with van der Waals surface area (Å²) in [6.45, 7) is 4.42. The fourth-order valence-corrected chi connectivity index (χ4v) is 3.41. The summed E-state index contributed by atoms with van der Waals surface area (Å²) in [5, 5.41) is 0. The van der Waals surface area contributed by atoms with Gasteiger partial charge in [0.05, 0.1) is 6.61 Å². The number of fused-ring (bicyclic) bond motifs is 3. The minimum atomic E-state index is -0.165. The fraction of sp³-hybridized carbons (Fsp3) is 0.786. The first-order chi connectivity index (χ1) is 7.70. The first-order valence-electron chi connectivity index (χ1n) is 6.55. The number of esters is 1. The predicted octanol–water partition coefficient (Wildman–Crippen LogP) is 3.32. The van der Waals surface area contributed by atoms with Crippen LogP contribution in [0.1, 0.15) is 46.0 Å². The van der Waals surface area contributed by atoms with Crippen LogP contribution in [0.3, 0.4) is 0 Å². The molecule has 0 radical (unpaired) electrons. The van der Waals surface area contributed by atoms with Gasteiger partial charge < -0.3 is 4.74 Å². The van der Waals surface area contributed by atoms with Crippen LogP contribution in [0.15, 0.2) is 11.6 Å². The molecular formula is C14H22O2. The SMILES string of the molecule is CCOC(=O)/C=C(/C)C1CC2CCC1CC2. The van der Waals surface area contributed by atoms with E-state index in [4.69, 9.17) is 4.74 Å². The second-order valence-corrected chi connectivity index (χ2v) is 5.26. The molecule has 1 unspecified atom stereocenters. The van der Waals surface area contributed by atoms with E-state index in [-0.39, 0.29) is 5.97 Å². The topological polar surface area (TPSA) is 26.3 Å². The number of ether oxygens (including phenoxy) is 1. The Labute approximate surface area is 98.1 Å². The van der Waals surface area contributed by atoms with Gasteiger partial charge in [0.2, 0.25) is 0 Å². The summed E-state index contributed by atoms with van der Waals surface area (Å²) in [5.41, 5.74) is 1.24. The van der Waals surface area contributed by atoms with Crippen molar-refractivity contribution < 1.29 is 9.53 Å². The molecule has 0 heterocycles. The molecule has 2 heteroatoms. The molecule has 3 rings (SSSR count). The Balaban J connectivity index is 1.99. The number of rotatable bonds is 3. The van der Waals surface area contributed by atoms with Crippen molar-refractivity contribution in [1.29, 1.82) is 0 Å². The number of carbonyl (C=O) groups excluding carboxylic acids is 1. The molecule has 2 bridgehead atoms. The van der Waals surface area contributed by atoms with Crippen molar-refractivity contribution in [3.8, 4) is 0 Å². The summed E-state index contributed by atoms with van der Waals surface area (Å²) in [5.74, 6) is 2.23. The summed E-state index contributed by atoms with van der Waals surface area (Å²) in [7, 11) is 0. The van der Waals surface area contributed by atoms with E-state index < -0.39 is 0 Å². The van der Waals surface area contributed by atoms with Crippen molar-refractivity contribution in [1.82, 2.24) is 0 Å². The molecule has 0 aromatic heterocycles. The van der Waals surface area contributed by atoms with E-state index in [0.717, 1.165) is 11.8 Å². The lowest BCUT2D eigenvalue weighted by Gasteiger charge is -2.43. The van der Waals surface area contributed by atoms with Gasteiger partial charge in [0, 0.05) is 6.08 Å². The standard InChI is InChI=1S/C14H22O2/c1-3-16-14(15)8-10(2)13-9-11-4-6-12(13)7-5-11/h8,11-13H,3-7,9H2,1-2H3/b10-8-. The van der Waals surface area contributed by atoms with E-state index in [0.29, 0.717) is 12.5 Å². The van der Waals surface area contributed by atoms with Crippen molar-refractivity contribution >= 4 is 5.97 Å². The largest absolute Gasteiger partial charge is 0.463 e. The number of carbonyl (C=O) groups is 1. The molecule has 16 heavy (non-hydrogen) atoms. The van der Waals surface area contributed by atoms with Gasteiger partial charge in [-0.1, -0.05) is 18.4 Å². The molecule has 0 N–H and O–H groups in total. The number of hydrogen-bond acceptors (Lipinski definition) is 2. The average Bonchev–Trinajstić information content (AvgIpc) is 2.30. The zero-order valence-corrected chi connectivity index (χ0v) is 10.4. The lowest BCUT2D eigenvalue weighted by molar-refractivity contribution is -0.137. The zero-order valence-electron chi connectivity index (χ0n) is 10.4. The Morgan fingerprint density at radius 2 is 2.00 bits per heavy atom. The molecular weight excluding hydrogens is 200 g/mol. The van der Waals surface area contributed by atoms with Crippen LogP contribution >= 0.6 is 0 Å². The van der Waals surface area contributed by atoms with Gasteiger partial charge in [0.15, 0.2) is 0 Å². The molecule has 1 atom stereocenters. The fourth-order valence-electron chi connectivity index (χ4n) is 3.41. The highest BCUT2D eigenvalue weighted by Crippen LogP contribution is 2.47. The maximum atomic E-state index is 11.4. The van der Waals surface area contributed by atoms with E-state index in [2.05, 4.69) is 6.92 Å². The number of hydrogen-bond donors (Lipinski definition) is 0. The molecule has 0 aromatic rings. The van der Waals surface area contributed by atoms with E-state index in [1.165, 1.54) is 37.7 Å². The summed E-state index contributed by atoms with van der Waals surface area (Å²) in [6.07, 6.45) is 8.57. The van der Waals surface area contributed by atoms with Gasteiger partial charge in [-0.05, 0) is 50.9 Å². The van der Waals surface area contributed by atoms with Gasteiger partial charge in [0.1, 0.15) is 0 Å². The minimum Gasteiger partial charge on any atom is -0.463 e. The molecule has 2 nitrogen and oxygen atoms in total. The van der Waals surface area contributed by atoms with E-state index in [1.807, 2.05) is 6.92 Å². The van der Waals surface area contributed by atoms with Gasteiger partial charge >= 0.3 is 5.97 Å². The van der Waals surface area contributed by atoms with Gasteiger partial charge in [-0.15, -0.1) is 0 Å². The van der Waals surface area contributed by atoms with Crippen LogP contribution in [0, 0.1) is 17.8 Å². The highest BCUT2D eigenvalue weighted by Gasteiger charge is 2.36. The van der Waals surface area contributed by atoms with Crippen molar-refractivity contribution in [3.63, 3.8) is 0 Å². The molecule has 0 spiro atoms. The average molecular weight is 222 g/mol. The Bertz CT molecular complexity index is 285. The third kappa shape index (κ3) is 2.47. The highest BCUT2D eigenvalue weighted by molar-refractivity contribution is 5.82. The van der Waals surface area contributed by atoms with Crippen LogP contribution in [0.25, 0.3) is 0 Å². The van der Waals surface area contributed by atoms with Crippen LogP contribution in [0.2, 0.25) is 0 Å². The molecule has 90 valence electrons. The Kier molecular flexibility index (Phi) is 3.67. The van der Waals surface area contributed by atoms with Gasteiger partial charge in [-0.25, -0.2) is 4.79 Å². The third-order valence-electron chi connectivity index (χ3n) is 4.26. The normalized spacial score (nSPS) is 33.9. The van der Waals surface area contributed by atoms with Crippen LogP contribution in [0.5, 0.6) is 0 Å². The maximum Gasteiger partial charge on any atom is 0.330 e. The van der Waals surface area contributed by atoms with Crippen molar-refractivity contribution in [3.05, 3.63) is 11.6 Å². The van der Waals surface area contributed by atoms with Crippen molar-refractivity contribution in [2.75, 3.05) is 6.61 Å². The quantitative estimate of drug-likeness (QED) is 0.541. The molecule has 3 saturated carbocycles. The molecule has 3 fully saturated rings. The van der Waals surface area contributed by atoms with Crippen molar-refractivity contribution in [2.45, 2.75) is 46.0 Å². The van der Waals surface area contributed by atoms with Crippen LogP contribution in [-0.4, -0.2) is 12.6 Å². The first kappa shape index (κ1) is 11.7. The first-order valence-corrected chi connectivity index (χ1v) is 6.55. The molecule has 0 amide bonds. The summed E-state index contributed by atoms with van der Waals surface area (Å²) >= 11 is 0. The third-order valence-corrected chi connectivity index (χ3v) is 4.26. The van der Waals surface area contributed by atoms with Crippen LogP contribution < -0.4 is 0 Å². The second-order valence-electron chi connectivity index (χ2n) is 5.26.